The van der Waals surface area contributed by atoms with Crippen LogP contribution >= 0.6 is 0 Å². The van der Waals surface area contributed by atoms with Crippen LogP contribution < -0.4 is 15.4 Å². The lowest BCUT2D eigenvalue weighted by Crippen LogP contribution is -2.26. The molecule has 1 aliphatic carbocycles. The first-order valence-electron chi connectivity index (χ1n) is 13.9. The van der Waals surface area contributed by atoms with Crippen LogP contribution in [-0.4, -0.2) is 45.3 Å². The summed E-state index contributed by atoms with van der Waals surface area (Å²) in [5.74, 6) is 1.41. The summed E-state index contributed by atoms with van der Waals surface area (Å²) in [4.78, 5) is 29.4. The van der Waals surface area contributed by atoms with Gasteiger partial charge in [0, 0.05) is 43.2 Å². The van der Waals surface area contributed by atoms with Crippen LogP contribution in [0.5, 0.6) is 5.75 Å². The smallest absolute Gasteiger partial charge is 0.280 e. The topological polar surface area (TPSA) is 143 Å². The Morgan fingerprint density at radius 1 is 1.10 bits per heavy atom. The van der Waals surface area contributed by atoms with Crippen LogP contribution in [0.4, 0.5) is 5.69 Å². The number of hydrogen-bond donors (Lipinski definition) is 1. The fraction of sp³-hybridized carbons (Fsp3) is 0.323. The number of nitrogens with two attached hydrogens (primary N) is 1. The number of rotatable bonds is 9. The Morgan fingerprint density at radius 3 is 2.45 bits per heavy atom. The minimum Gasteiger partial charge on any atom is -0.494 e. The third-order valence-electron chi connectivity index (χ3n) is 7.32. The van der Waals surface area contributed by atoms with Crippen molar-refractivity contribution in [1.29, 1.82) is 0 Å². The molecule has 218 valence electrons. The average Bonchev–Trinajstić information content (AvgIpc) is 3.72. The van der Waals surface area contributed by atoms with Gasteiger partial charge in [0.25, 0.3) is 11.8 Å². The number of aryl methyl sites for hydroxylation is 1. The monoisotopic (exact) mass is 570 g/mol. The summed E-state index contributed by atoms with van der Waals surface area (Å²) in [6, 6.07) is 15.6. The maximum absolute atomic E-state index is 12.8. The lowest BCUT2D eigenvalue weighted by atomic mass is 9.85. The Hall–Kier alpha value is -4.93. The second-order valence-electron chi connectivity index (χ2n) is 10.3. The number of aromatic nitrogens is 4. The molecule has 1 fully saturated rings. The summed E-state index contributed by atoms with van der Waals surface area (Å²) < 4.78 is 17.3. The van der Waals surface area contributed by atoms with E-state index in [9.17, 15) is 9.59 Å². The van der Waals surface area contributed by atoms with Crippen molar-refractivity contribution in [2.75, 3.05) is 18.6 Å². The minimum absolute atomic E-state index is 0.157. The number of hydrogen-bond acceptors (Lipinski definition) is 8. The molecule has 0 bridgehead atoms. The number of nitrogens with zero attached hydrogens (tertiary/aromatic N) is 5. The van der Waals surface area contributed by atoms with Gasteiger partial charge in [-0.05, 0) is 62.4 Å². The zero-order valence-corrected chi connectivity index (χ0v) is 23.9. The molecule has 1 aliphatic rings. The molecule has 6 rings (SSSR count). The average molecular weight is 571 g/mol. The molecule has 5 aromatic rings. The predicted octanol–water partition coefficient (Wildman–Crippen LogP) is 5.17. The van der Waals surface area contributed by atoms with E-state index >= 15 is 0 Å². The normalized spacial score (nSPS) is 12.8. The van der Waals surface area contributed by atoms with Crippen molar-refractivity contribution in [3.63, 3.8) is 0 Å². The second kappa shape index (κ2) is 12.7. The van der Waals surface area contributed by atoms with Crippen LogP contribution in [-0.2, 0) is 13.0 Å². The molecule has 0 radical (unpaired) electrons. The Morgan fingerprint density at radius 2 is 1.88 bits per heavy atom. The van der Waals surface area contributed by atoms with Crippen LogP contribution in [0.15, 0.2) is 70.0 Å². The number of carbonyl (C=O) groups excluding carboxylic acids is 2. The largest absolute Gasteiger partial charge is 0.494 e. The van der Waals surface area contributed by atoms with Gasteiger partial charge in [-0.25, -0.2) is 4.98 Å². The molecule has 2 N–H and O–H groups in total. The maximum Gasteiger partial charge on any atom is 0.280 e. The molecule has 11 heteroatoms. The zero-order chi connectivity index (χ0) is 29.6. The number of benzene rings is 1. The van der Waals surface area contributed by atoms with E-state index in [-0.39, 0.29) is 11.6 Å². The molecule has 11 nitrogen and oxygen atoms in total. The van der Waals surface area contributed by atoms with Gasteiger partial charge in [-0.1, -0.05) is 28.9 Å². The lowest BCUT2D eigenvalue weighted by Gasteiger charge is -2.27. The van der Waals surface area contributed by atoms with Gasteiger partial charge in [-0.15, -0.1) is 0 Å². The van der Waals surface area contributed by atoms with Crippen molar-refractivity contribution in [3.05, 3.63) is 89.4 Å². The number of carbonyl (C=O) groups is 2. The fourth-order valence-corrected chi connectivity index (χ4v) is 4.83. The van der Waals surface area contributed by atoms with Crippen LogP contribution in [0, 0.1) is 12.8 Å². The van der Waals surface area contributed by atoms with Gasteiger partial charge in [-0.2, -0.15) is 0 Å². The number of primary amides is 1. The van der Waals surface area contributed by atoms with Gasteiger partial charge in [-0.3, -0.25) is 9.59 Å². The quantitative estimate of drug-likeness (QED) is 0.256. The molecule has 0 atom stereocenters. The molecule has 4 heterocycles. The summed E-state index contributed by atoms with van der Waals surface area (Å²) >= 11 is 0. The summed E-state index contributed by atoms with van der Waals surface area (Å²) in [5, 5.41) is 8.16. The van der Waals surface area contributed by atoms with E-state index in [2.05, 4.69) is 37.6 Å². The second-order valence-corrected chi connectivity index (χ2v) is 10.3. The highest BCUT2D eigenvalue weighted by Gasteiger charge is 2.23. The van der Waals surface area contributed by atoms with E-state index in [1.165, 1.54) is 42.8 Å². The molecule has 2 amide bonds. The first-order valence-corrected chi connectivity index (χ1v) is 13.9. The van der Waals surface area contributed by atoms with Crippen molar-refractivity contribution < 1.29 is 23.4 Å². The van der Waals surface area contributed by atoms with Gasteiger partial charge in [0.15, 0.2) is 11.4 Å². The molecular weight excluding hydrogens is 536 g/mol. The van der Waals surface area contributed by atoms with E-state index in [4.69, 9.17) is 20.0 Å². The molecule has 0 unspecified atom stereocenters. The summed E-state index contributed by atoms with van der Waals surface area (Å²) in [5.41, 5.74) is 9.41. The summed E-state index contributed by atoms with van der Waals surface area (Å²) in [7, 11) is 1.74. The molecule has 4 aromatic heterocycles. The van der Waals surface area contributed by atoms with E-state index in [0.717, 1.165) is 35.4 Å². The van der Waals surface area contributed by atoms with Crippen LogP contribution in [0.2, 0.25) is 0 Å². The first kappa shape index (κ1) is 28.6. The molecule has 42 heavy (non-hydrogen) atoms. The van der Waals surface area contributed by atoms with Gasteiger partial charge < -0.3 is 29.0 Å². The van der Waals surface area contributed by atoms with Crippen LogP contribution in [0.3, 0.4) is 0 Å². The molecule has 1 aromatic carbocycles. The first-order chi connectivity index (χ1) is 20.3. The standard InChI is InChI=1S/C27H30N4O3.C4H4N2O2/c1-4-33-24-10-8-19(9-11-24)13-22-14-21-15-23(30(3)27(32)25-12-18(2)34-29-25)16-28-26(21)31(22)17-20-6-5-7-20;5-4(7)3-1-2-8-6-3/h8-12,14-16,20H,4-7,13,17H2,1-3H3;1-2H,(H2,5,7). The highest BCUT2D eigenvalue weighted by atomic mass is 16.5. The number of pyridine rings is 1. The van der Waals surface area contributed by atoms with E-state index in [1.807, 2.05) is 25.1 Å². The highest BCUT2D eigenvalue weighted by molar-refractivity contribution is 6.05. The summed E-state index contributed by atoms with van der Waals surface area (Å²) in [6.45, 7) is 5.41. The Kier molecular flexibility index (Phi) is 8.66. The van der Waals surface area contributed by atoms with Gasteiger partial charge >= 0.3 is 0 Å². The third-order valence-corrected chi connectivity index (χ3v) is 7.32. The van der Waals surface area contributed by atoms with E-state index < -0.39 is 5.91 Å². The Balaban J connectivity index is 0.000000382. The number of anilines is 1. The molecule has 0 saturated heterocycles. The molecule has 1 saturated carbocycles. The fourth-order valence-electron chi connectivity index (χ4n) is 4.83. The van der Waals surface area contributed by atoms with Gasteiger partial charge in [0.2, 0.25) is 0 Å². The van der Waals surface area contributed by atoms with Crippen LogP contribution in [0.1, 0.15) is 64.2 Å². The minimum atomic E-state index is -0.571. The lowest BCUT2D eigenvalue weighted by molar-refractivity contribution is 0.0979. The Bertz CT molecular complexity index is 1650. The molecular formula is C31H34N6O5. The van der Waals surface area contributed by atoms with E-state index in [1.54, 1.807) is 31.1 Å². The summed E-state index contributed by atoms with van der Waals surface area (Å²) in [6.07, 6.45) is 7.73. The van der Waals surface area contributed by atoms with Crippen molar-refractivity contribution in [1.82, 2.24) is 19.9 Å². The third kappa shape index (κ3) is 6.51. The van der Waals surface area contributed by atoms with Crippen LogP contribution in [0.25, 0.3) is 11.0 Å². The van der Waals surface area contributed by atoms with Gasteiger partial charge in [0.1, 0.15) is 23.4 Å². The number of fused-ring (bicyclic) bond motifs is 1. The molecule has 0 aliphatic heterocycles. The van der Waals surface area contributed by atoms with Crippen molar-refractivity contribution >= 4 is 28.5 Å². The SMILES string of the molecule is CCOc1ccc(Cc2cc3cc(N(C)C(=O)c4cc(C)on4)cnc3n2CC2CCC2)cc1.NC(=O)c1ccon1. The van der Waals surface area contributed by atoms with Crippen molar-refractivity contribution in [3.8, 4) is 5.75 Å². The zero-order valence-electron chi connectivity index (χ0n) is 23.9. The highest BCUT2D eigenvalue weighted by Crippen LogP contribution is 2.32. The van der Waals surface area contributed by atoms with Gasteiger partial charge in [0.05, 0.1) is 18.5 Å². The maximum atomic E-state index is 12.8. The number of amides is 2. The predicted molar refractivity (Wildman–Crippen MR) is 156 cm³/mol. The van der Waals surface area contributed by atoms with Crippen molar-refractivity contribution in [2.24, 2.45) is 11.7 Å². The molecule has 0 spiro atoms. The number of ether oxygens (including phenoxy) is 1. The Labute approximate surface area is 243 Å². The van der Waals surface area contributed by atoms with Crippen molar-refractivity contribution in [2.45, 2.75) is 46.1 Å². The van der Waals surface area contributed by atoms with E-state index in [0.29, 0.717) is 24.0 Å².